The van der Waals surface area contributed by atoms with Crippen LogP contribution >= 0.6 is 0 Å². The number of halogens is 1. The number of aromatic nitrogens is 1. The van der Waals surface area contributed by atoms with Crippen molar-refractivity contribution in [3.05, 3.63) is 30.1 Å². The molecule has 2 heteroatoms. The van der Waals surface area contributed by atoms with Crippen LogP contribution in [0, 0.1) is 0 Å². The Bertz CT molecular complexity index is 191. The summed E-state index contributed by atoms with van der Waals surface area (Å²) >= 11 is 0. The van der Waals surface area contributed by atoms with E-state index >= 15 is 0 Å². The lowest BCUT2D eigenvalue weighted by molar-refractivity contribution is -0.693. The molecular weight excluding hydrogens is 158 g/mol. The van der Waals surface area contributed by atoms with Crippen LogP contribution < -0.4 is 17.0 Å². The minimum absolute atomic E-state index is 0. The number of nitrogens with zero attached hydrogens (tertiary/aromatic N) is 1. The van der Waals surface area contributed by atoms with Gasteiger partial charge < -0.3 is 12.4 Å². The van der Waals surface area contributed by atoms with Gasteiger partial charge in [-0.3, -0.25) is 0 Å². The molecule has 1 aromatic rings. The van der Waals surface area contributed by atoms with Crippen LogP contribution in [0.4, 0.5) is 0 Å². The van der Waals surface area contributed by atoms with Gasteiger partial charge in [-0.1, -0.05) is 6.92 Å². The zero-order valence-electron chi connectivity index (χ0n) is 7.05. The van der Waals surface area contributed by atoms with E-state index in [1.807, 2.05) is 0 Å². The molecule has 1 rings (SSSR count). The number of aryl methyl sites for hydroxylation is 2. The summed E-state index contributed by atoms with van der Waals surface area (Å²) in [5.74, 6) is 0. The van der Waals surface area contributed by atoms with Gasteiger partial charge in [0.1, 0.15) is 6.54 Å². The Morgan fingerprint density at radius 2 is 2.09 bits per heavy atom. The summed E-state index contributed by atoms with van der Waals surface area (Å²) in [7, 11) is 0. The van der Waals surface area contributed by atoms with E-state index in [0.717, 1.165) is 13.0 Å². The largest absolute Gasteiger partial charge is 1.00 e. The van der Waals surface area contributed by atoms with E-state index in [1.165, 1.54) is 5.56 Å². The molecule has 0 aliphatic carbocycles. The minimum atomic E-state index is 0. The van der Waals surface area contributed by atoms with Crippen molar-refractivity contribution in [3.63, 3.8) is 0 Å². The first-order valence-electron chi connectivity index (χ1n) is 3.84. The first kappa shape index (κ1) is 10.4. The molecule has 0 amide bonds. The highest BCUT2D eigenvalue weighted by Crippen LogP contribution is 1.93. The van der Waals surface area contributed by atoms with Crippen molar-refractivity contribution >= 4 is 0 Å². The Morgan fingerprint density at radius 3 is 2.64 bits per heavy atom. The van der Waals surface area contributed by atoms with Crippen LogP contribution in [0.3, 0.4) is 0 Å². The van der Waals surface area contributed by atoms with Gasteiger partial charge in [-0.15, -0.1) is 0 Å². The molecule has 62 valence electrons. The van der Waals surface area contributed by atoms with Crippen LogP contribution in [-0.2, 0) is 13.0 Å². The van der Waals surface area contributed by atoms with Crippen LogP contribution in [0.1, 0.15) is 19.4 Å². The Labute approximate surface area is 74.5 Å². The second kappa shape index (κ2) is 5.14. The van der Waals surface area contributed by atoms with Crippen molar-refractivity contribution in [3.8, 4) is 0 Å². The monoisotopic (exact) mass is 171 g/mol. The van der Waals surface area contributed by atoms with Crippen LogP contribution in [0.15, 0.2) is 24.5 Å². The van der Waals surface area contributed by atoms with Gasteiger partial charge >= 0.3 is 0 Å². The van der Waals surface area contributed by atoms with Gasteiger partial charge in [0.15, 0.2) is 12.4 Å². The molecule has 0 aliphatic heterocycles. The molecule has 0 unspecified atom stereocenters. The average Bonchev–Trinajstić information content (AvgIpc) is 2.05. The molecule has 0 aliphatic rings. The van der Waals surface area contributed by atoms with E-state index < -0.39 is 0 Å². The smallest absolute Gasteiger partial charge is 0.171 e. The molecule has 0 saturated heterocycles. The van der Waals surface area contributed by atoms with Crippen molar-refractivity contribution in [1.82, 2.24) is 0 Å². The van der Waals surface area contributed by atoms with Gasteiger partial charge in [0.05, 0.1) is 0 Å². The Kier molecular flexibility index (Phi) is 4.88. The number of rotatable bonds is 2. The van der Waals surface area contributed by atoms with E-state index in [-0.39, 0.29) is 12.4 Å². The first-order chi connectivity index (χ1) is 4.86. The van der Waals surface area contributed by atoms with E-state index in [4.69, 9.17) is 0 Å². The third-order valence-electron chi connectivity index (χ3n) is 1.69. The van der Waals surface area contributed by atoms with E-state index in [0.29, 0.717) is 0 Å². The fraction of sp³-hybridized carbons (Fsp3) is 0.444. The minimum Gasteiger partial charge on any atom is -1.00 e. The van der Waals surface area contributed by atoms with Gasteiger partial charge in [-0.2, -0.15) is 0 Å². The predicted molar refractivity (Wildman–Crippen MR) is 41.7 cm³/mol. The van der Waals surface area contributed by atoms with Gasteiger partial charge in [-0.25, -0.2) is 4.57 Å². The molecule has 0 radical (unpaired) electrons. The van der Waals surface area contributed by atoms with Crippen molar-refractivity contribution in [1.29, 1.82) is 0 Å². The maximum atomic E-state index is 2.19. The lowest BCUT2D eigenvalue weighted by atomic mass is 10.2. The standard InChI is InChI=1S/C9H14N.ClH/c1-3-9-6-5-7-10(4-2)8-9;/h5-8H,3-4H2,1-2H3;1H/q+1;/p-1. The molecule has 1 nitrogen and oxygen atoms in total. The summed E-state index contributed by atoms with van der Waals surface area (Å²) in [4.78, 5) is 0. The molecule has 0 atom stereocenters. The van der Waals surface area contributed by atoms with E-state index in [9.17, 15) is 0 Å². The molecule has 0 fully saturated rings. The summed E-state index contributed by atoms with van der Waals surface area (Å²) in [5, 5.41) is 0. The maximum Gasteiger partial charge on any atom is 0.171 e. The van der Waals surface area contributed by atoms with Gasteiger partial charge in [0.2, 0.25) is 0 Å². The number of hydrogen-bond acceptors (Lipinski definition) is 0. The second-order valence-corrected chi connectivity index (χ2v) is 2.40. The molecule has 0 bridgehead atoms. The highest BCUT2D eigenvalue weighted by atomic mass is 35.5. The van der Waals surface area contributed by atoms with Crippen LogP contribution in [0.5, 0.6) is 0 Å². The highest BCUT2D eigenvalue weighted by Gasteiger charge is 1.95. The fourth-order valence-corrected chi connectivity index (χ4v) is 0.982. The first-order valence-corrected chi connectivity index (χ1v) is 3.84. The van der Waals surface area contributed by atoms with Crippen LogP contribution in [0.2, 0.25) is 0 Å². The summed E-state index contributed by atoms with van der Waals surface area (Å²) in [5.41, 5.74) is 1.41. The highest BCUT2D eigenvalue weighted by molar-refractivity contribution is 5.04. The third kappa shape index (κ3) is 2.89. The SMILES string of the molecule is CCc1ccc[n+](CC)c1.[Cl-]. The topological polar surface area (TPSA) is 3.88 Å². The fourth-order valence-electron chi connectivity index (χ4n) is 0.982. The van der Waals surface area contributed by atoms with Crippen molar-refractivity contribution in [2.45, 2.75) is 26.8 Å². The van der Waals surface area contributed by atoms with Gasteiger partial charge in [0.25, 0.3) is 0 Å². The second-order valence-electron chi connectivity index (χ2n) is 2.40. The molecule has 11 heavy (non-hydrogen) atoms. The molecule has 1 heterocycles. The lowest BCUT2D eigenvalue weighted by Crippen LogP contribution is -3.00. The summed E-state index contributed by atoms with van der Waals surface area (Å²) in [6, 6.07) is 4.26. The predicted octanol–water partition coefficient (Wildman–Crippen LogP) is -1.44. The quantitative estimate of drug-likeness (QED) is 0.480. The third-order valence-corrected chi connectivity index (χ3v) is 1.69. The van der Waals surface area contributed by atoms with E-state index in [1.54, 1.807) is 0 Å². The molecule has 0 spiro atoms. The summed E-state index contributed by atoms with van der Waals surface area (Å²) < 4.78 is 2.19. The Morgan fingerprint density at radius 1 is 1.36 bits per heavy atom. The van der Waals surface area contributed by atoms with Gasteiger partial charge in [-0.05, 0) is 19.4 Å². The molecule has 1 aromatic heterocycles. The number of hydrogen-bond donors (Lipinski definition) is 0. The summed E-state index contributed by atoms with van der Waals surface area (Å²) in [6.45, 7) is 5.39. The zero-order chi connectivity index (χ0) is 7.40. The Balaban J connectivity index is 0.000001000. The molecule has 0 N–H and O–H groups in total. The Hall–Kier alpha value is -0.560. The van der Waals surface area contributed by atoms with Crippen molar-refractivity contribution in [2.75, 3.05) is 0 Å². The zero-order valence-corrected chi connectivity index (χ0v) is 7.80. The van der Waals surface area contributed by atoms with E-state index in [2.05, 4.69) is 42.9 Å². The van der Waals surface area contributed by atoms with Crippen molar-refractivity contribution < 1.29 is 17.0 Å². The molecule has 0 saturated carbocycles. The van der Waals surface area contributed by atoms with Crippen molar-refractivity contribution in [2.24, 2.45) is 0 Å². The maximum absolute atomic E-state index is 2.19. The van der Waals surface area contributed by atoms with Crippen LogP contribution in [0.25, 0.3) is 0 Å². The molecular formula is C9H14ClN. The average molecular weight is 172 g/mol. The van der Waals surface area contributed by atoms with Gasteiger partial charge in [0, 0.05) is 11.6 Å². The lowest BCUT2D eigenvalue weighted by Gasteiger charge is -1.93. The molecule has 0 aromatic carbocycles. The number of pyridine rings is 1. The van der Waals surface area contributed by atoms with Crippen LogP contribution in [-0.4, -0.2) is 0 Å². The summed E-state index contributed by atoms with van der Waals surface area (Å²) in [6.07, 6.45) is 5.42. The normalized spacial score (nSPS) is 8.91.